The molecule has 1 aliphatic rings. The Morgan fingerprint density at radius 2 is 1.89 bits per heavy atom. The van der Waals surface area contributed by atoms with Gasteiger partial charge in [0, 0.05) is 12.1 Å². The molecular weight excluding hydrogens is 270 g/mol. The lowest BCUT2D eigenvalue weighted by Gasteiger charge is -2.37. The zero-order valence-electron chi connectivity index (χ0n) is 11.5. The second kappa shape index (κ2) is 5.48. The quantitative estimate of drug-likeness (QED) is 0.815. The number of nitrogens with zero attached hydrogens (tertiary/aromatic N) is 1. The molecular formula is C12H21NO5S. The highest BCUT2D eigenvalue weighted by Gasteiger charge is 2.38. The van der Waals surface area contributed by atoms with Gasteiger partial charge in [0.05, 0.1) is 23.8 Å². The number of amides is 1. The zero-order valence-corrected chi connectivity index (χ0v) is 12.4. The van der Waals surface area contributed by atoms with Gasteiger partial charge in [-0.25, -0.2) is 8.42 Å². The summed E-state index contributed by atoms with van der Waals surface area (Å²) in [5.74, 6) is -1.83. The summed E-state index contributed by atoms with van der Waals surface area (Å²) in [4.78, 5) is 24.5. The summed E-state index contributed by atoms with van der Waals surface area (Å²) in [7, 11) is -3.11. The van der Waals surface area contributed by atoms with Crippen molar-refractivity contribution in [1.82, 2.24) is 4.90 Å². The summed E-state index contributed by atoms with van der Waals surface area (Å²) in [6.07, 6.45) is 0.198. The van der Waals surface area contributed by atoms with Crippen molar-refractivity contribution in [2.24, 2.45) is 5.92 Å². The highest BCUT2D eigenvalue weighted by Crippen LogP contribution is 2.24. The van der Waals surface area contributed by atoms with Crippen LogP contribution in [0.1, 0.15) is 33.6 Å². The van der Waals surface area contributed by atoms with Crippen LogP contribution in [0.5, 0.6) is 0 Å². The fourth-order valence-corrected chi connectivity index (χ4v) is 3.93. The number of hydrogen-bond acceptors (Lipinski definition) is 4. The largest absolute Gasteiger partial charge is 0.481 e. The van der Waals surface area contributed by atoms with E-state index in [-0.39, 0.29) is 30.4 Å². The number of sulfone groups is 1. The maximum atomic E-state index is 12.4. The standard InChI is InChI=1S/C12H21NO5S/c1-12(2,3)13(6-4-10(14)15)11(16)9-5-7-19(17,18)8-9/h9H,4-8H2,1-3H3,(H,14,15). The maximum Gasteiger partial charge on any atom is 0.305 e. The summed E-state index contributed by atoms with van der Waals surface area (Å²) in [5, 5.41) is 8.72. The number of carboxylic acid groups (broad SMARTS) is 1. The van der Waals surface area contributed by atoms with Crippen LogP contribution in [-0.4, -0.2) is 53.9 Å². The molecule has 7 heteroatoms. The van der Waals surface area contributed by atoms with Crippen molar-refractivity contribution in [3.05, 3.63) is 0 Å². The van der Waals surface area contributed by atoms with Gasteiger partial charge in [-0.1, -0.05) is 0 Å². The number of rotatable bonds is 4. The Labute approximate surface area is 113 Å². The molecule has 1 saturated heterocycles. The Morgan fingerprint density at radius 1 is 1.32 bits per heavy atom. The molecule has 1 unspecified atom stereocenters. The van der Waals surface area contributed by atoms with Crippen LogP contribution >= 0.6 is 0 Å². The molecule has 110 valence electrons. The SMILES string of the molecule is CC(C)(C)N(CCC(=O)O)C(=O)C1CCS(=O)(=O)C1. The minimum Gasteiger partial charge on any atom is -0.481 e. The highest BCUT2D eigenvalue weighted by atomic mass is 32.2. The molecule has 1 aliphatic heterocycles. The van der Waals surface area contributed by atoms with E-state index in [1.165, 1.54) is 4.90 Å². The van der Waals surface area contributed by atoms with E-state index < -0.39 is 27.3 Å². The molecule has 0 aromatic carbocycles. The Morgan fingerprint density at radius 3 is 2.26 bits per heavy atom. The van der Waals surface area contributed by atoms with Gasteiger partial charge in [0.25, 0.3) is 0 Å². The third-order valence-corrected chi connectivity index (χ3v) is 4.97. The Kier molecular flexibility index (Phi) is 4.60. The van der Waals surface area contributed by atoms with Gasteiger partial charge in [0.2, 0.25) is 5.91 Å². The van der Waals surface area contributed by atoms with Crippen LogP contribution in [0.4, 0.5) is 0 Å². The molecule has 0 aromatic rings. The van der Waals surface area contributed by atoms with E-state index in [4.69, 9.17) is 5.11 Å². The van der Waals surface area contributed by atoms with Crippen LogP contribution in [-0.2, 0) is 19.4 Å². The van der Waals surface area contributed by atoms with Gasteiger partial charge in [-0.05, 0) is 27.2 Å². The lowest BCUT2D eigenvalue weighted by molar-refractivity contribution is -0.142. The van der Waals surface area contributed by atoms with Crippen LogP contribution < -0.4 is 0 Å². The Bertz CT molecular complexity index is 463. The van der Waals surface area contributed by atoms with Crippen molar-refractivity contribution < 1.29 is 23.1 Å². The molecule has 1 fully saturated rings. The number of aliphatic carboxylic acids is 1. The molecule has 0 saturated carbocycles. The van der Waals surface area contributed by atoms with Crippen LogP contribution in [0.3, 0.4) is 0 Å². The van der Waals surface area contributed by atoms with Crippen LogP contribution in [0.15, 0.2) is 0 Å². The third-order valence-electron chi connectivity index (χ3n) is 3.21. The average molecular weight is 291 g/mol. The smallest absolute Gasteiger partial charge is 0.305 e. The predicted octanol–water partition coefficient (Wildman–Crippen LogP) is 0.523. The van der Waals surface area contributed by atoms with E-state index in [1.54, 1.807) is 0 Å². The van der Waals surface area contributed by atoms with E-state index in [9.17, 15) is 18.0 Å². The van der Waals surface area contributed by atoms with Crippen molar-refractivity contribution in [3.8, 4) is 0 Å². The van der Waals surface area contributed by atoms with Crippen molar-refractivity contribution in [3.63, 3.8) is 0 Å². The van der Waals surface area contributed by atoms with E-state index in [0.29, 0.717) is 6.42 Å². The van der Waals surface area contributed by atoms with Crippen LogP contribution in [0, 0.1) is 5.92 Å². The lowest BCUT2D eigenvalue weighted by Crippen LogP contribution is -2.49. The van der Waals surface area contributed by atoms with Crippen LogP contribution in [0.2, 0.25) is 0 Å². The minimum atomic E-state index is -3.11. The maximum absolute atomic E-state index is 12.4. The first-order valence-electron chi connectivity index (χ1n) is 6.26. The van der Waals surface area contributed by atoms with Crippen LogP contribution in [0.25, 0.3) is 0 Å². The molecule has 6 nitrogen and oxygen atoms in total. The molecule has 19 heavy (non-hydrogen) atoms. The van der Waals surface area contributed by atoms with Crippen molar-refractivity contribution in [1.29, 1.82) is 0 Å². The Hall–Kier alpha value is -1.11. The van der Waals surface area contributed by atoms with Gasteiger partial charge in [-0.2, -0.15) is 0 Å². The summed E-state index contributed by atoms with van der Waals surface area (Å²) >= 11 is 0. The monoisotopic (exact) mass is 291 g/mol. The third kappa shape index (κ3) is 4.49. The van der Waals surface area contributed by atoms with E-state index in [2.05, 4.69) is 0 Å². The summed E-state index contributed by atoms with van der Waals surface area (Å²) in [6, 6.07) is 0. The zero-order chi connectivity index (χ0) is 14.8. The minimum absolute atomic E-state index is 0.0420. The molecule has 1 amide bonds. The number of carbonyl (C=O) groups is 2. The van der Waals surface area contributed by atoms with Gasteiger partial charge in [0.1, 0.15) is 0 Å². The second-order valence-electron chi connectivity index (χ2n) is 5.90. The Balaban J connectivity index is 2.81. The molecule has 1 heterocycles. The van der Waals surface area contributed by atoms with Gasteiger partial charge in [-0.15, -0.1) is 0 Å². The van der Waals surface area contributed by atoms with Gasteiger partial charge in [0.15, 0.2) is 9.84 Å². The summed E-state index contributed by atoms with van der Waals surface area (Å²) < 4.78 is 22.8. The highest BCUT2D eigenvalue weighted by molar-refractivity contribution is 7.91. The number of hydrogen-bond donors (Lipinski definition) is 1. The second-order valence-corrected chi connectivity index (χ2v) is 8.13. The predicted molar refractivity (Wildman–Crippen MR) is 70.5 cm³/mol. The van der Waals surface area contributed by atoms with E-state index in [1.807, 2.05) is 20.8 Å². The number of carbonyl (C=O) groups excluding carboxylic acids is 1. The average Bonchev–Trinajstić information content (AvgIpc) is 2.56. The van der Waals surface area contributed by atoms with Gasteiger partial charge in [-0.3, -0.25) is 9.59 Å². The molecule has 1 N–H and O–H groups in total. The van der Waals surface area contributed by atoms with Crippen molar-refractivity contribution in [2.75, 3.05) is 18.1 Å². The molecule has 0 bridgehead atoms. The van der Waals surface area contributed by atoms with E-state index >= 15 is 0 Å². The van der Waals surface area contributed by atoms with Gasteiger partial charge >= 0.3 is 5.97 Å². The van der Waals surface area contributed by atoms with Crippen molar-refractivity contribution in [2.45, 2.75) is 39.2 Å². The molecule has 0 aromatic heterocycles. The molecule has 0 radical (unpaired) electrons. The molecule has 1 atom stereocenters. The summed E-state index contributed by atoms with van der Waals surface area (Å²) in [5.41, 5.74) is -0.515. The van der Waals surface area contributed by atoms with Gasteiger partial charge < -0.3 is 10.0 Å². The first-order chi connectivity index (χ1) is 8.53. The molecule has 0 aliphatic carbocycles. The topological polar surface area (TPSA) is 91.8 Å². The normalized spacial score (nSPS) is 22.2. The van der Waals surface area contributed by atoms with Crippen molar-refractivity contribution >= 4 is 21.7 Å². The fourth-order valence-electron chi connectivity index (χ4n) is 2.19. The molecule has 1 rings (SSSR count). The number of carboxylic acids is 1. The molecule has 0 spiro atoms. The lowest BCUT2D eigenvalue weighted by atomic mass is 10.0. The first kappa shape index (κ1) is 15.9. The first-order valence-corrected chi connectivity index (χ1v) is 8.09. The summed E-state index contributed by atoms with van der Waals surface area (Å²) in [6.45, 7) is 5.55. The van der Waals surface area contributed by atoms with E-state index in [0.717, 1.165) is 0 Å². The fraction of sp³-hybridized carbons (Fsp3) is 0.833.